The number of carboxylic acid groups (broad SMARTS) is 1. The Bertz CT molecular complexity index is 866. The molecule has 1 aliphatic carbocycles. The molecule has 0 unspecified atom stereocenters. The second-order valence-corrected chi connectivity index (χ2v) is 7.56. The molecule has 0 saturated carbocycles. The van der Waals surface area contributed by atoms with E-state index in [1.54, 1.807) is 24.3 Å². The number of rotatable bonds is 4. The Hall–Kier alpha value is -2.27. The summed E-state index contributed by atoms with van der Waals surface area (Å²) in [5, 5.41) is 12.0. The third-order valence-electron chi connectivity index (χ3n) is 4.78. The molecule has 0 radical (unpaired) electrons. The molecule has 2 aromatic rings. The molecule has 2 aromatic carbocycles. The maximum atomic E-state index is 14.9. The van der Waals surface area contributed by atoms with Gasteiger partial charge in [-0.3, -0.25) is 0 Å². The quantitative estimate of drug-likeness (QED) is 0.746. The van der Waals surface area contributed by atoms with E-state index in [9.17, 15) is 9.18 Å². The van der Waals surface area contributed by atoms with Gasteiger partial charge in [-0.2, -0.15) is 0 Å². The van der Waals surface area contributed by atoms with Crippen LogP contribution in [0, 0.1) is 11.2 Å². The Labute approximate surface area is 156 Å². The molecule has 26 heavy (non-hydrogen) atoms. The van der Waals surface area contributed by atoms with Crippen molar-refractivity contribution in [2.24, 2.45) is 5.41 Å². The van der Waals surface area contributed by atoms with E-state index in [-0.39, 0.29) is 5.41 Å². The molecular formula is C20H21ClFNO3. The van der Waals surface area contributed by atoms with Crippen LogP contribution in [0.4, 0.5) is 9.18 Å². The average molecular weight is 378 g/mol. The molecule has 1 amide bonds. The summed E-state index contributed by atoms with van der Waals surface area (Å²) in [4.78, 5) is 11.1. The largest absolute Gasteiger partial charge is 0.494 e. The SMILES string of the molecule is CCOc1ccc(-c2cc3c(cc2F)[C@H](NC(=O)O)C(C)(C)C3)c(Cl)c1. The molecule has 6 heteroatoms. The minimum absolute atomic E-state index is 0.339. The van der Waals surface area contributed by atoms with Crippen LogP contribution in [0.5, 0.6) is 5.75 Å². The molecule has 3 rings (SSSR count). The summed E-state index contributed by atoms with van der Waals surface area (Å²) in [7, 11) is 0. The Balaban J connectivity index is 2.04. The van der Waals surface area contributed by atoms with Crippen LogP contribution in [0.1, 0.15) is 37.9 Å². The highest BCUT2D eigenvalue weighted by Crippen LogP contribution is 2.47. The zero-order valence-electron chi connectivity index (χ0n) is 14.9. The first kappa shape index (κ1) is 18.5. The summed E-state index contributed by atoms with van der Waals surface area (Å²) >= 11 is 6.34. The van der Waals surface area contributed by atoms with Crippen molar-refractivity contribution in [3.05, 3.63) is 52.3 Å². The Morgan fingerprint density at radius 3 is 2.69 bits per heavy atom. The number of halogens is 2. The zero-order chi connectivity index (χ0) is 19.1. The molecule has 1 atom stereocenters. The Morgan fingerprint density at radius 2 is 2.08 bits per heavy atom. The van der Waals surface area contributed by atoms with Crippen LogP contribution in [-0.4, -0.2) is 17.8 Å². The lowest BCUT2D eigenvalue weighted by Gasteiger charge is -2.27. The maximum absolute atomic E-state index is 14.9. The van der Waals surface area contributed by atoms with E-state index >= 15 is 0 Å². The highest BCUT2D eigenvalue weighted by atomic mass is 35.5. The van der Waals surface area contributed by atoms with Gasteiger partial charge in [0.1, 0.15) is 11.6 Å². The standard InChI is InChI=1S/C20H21ClFNO3/c1-4-26-12-5-6-13(16(21)8-12)15-7-11-10-20(2,3)18(23-19(24)25)14(11)9-17(15)22/h5-9,18,23H,4,10H2,1-3H3,(H,24,25)/t18-/m0/s1. The maximum Gasteiger partial charge on any atom is 0.405 e. The number of hydrogen-bond acceptors (Lipinski definition) is 2. The van der Waals surface area contributed by atoms with Gasteiger partial charge in [0.05, 0.1) is 17.7 Å². The van der Waals surface area contributed by atoms with Gasteiger partial charge >= 0.3 is 6.09 Å². The van der Waals surface area contributed by atoms with Crippen LogP contribution in [0.3, 0.4) is 0 Å². The molecule has 1 aliphatic rings. The number of carbonyl (C=O) groups is 1. The summed E-state index contributed by atoms with van der Waals surface area (Å²) in [6, 6.07) is 7.92. The minimum Gasteiger partial charge on any atom is -0.494 e. The highest BCUT2D eigenvalue weighted by molar-refractivity contribution is 6.33. The molecule has 0 aliphatic heterocycles. The fourth-order valence-corrected chi connectivity index (χ4v) is 3.92. The fourth-order valence-electron chi connectivity index (χ4n) is 3.64. The predicted molar refractivity (Wildman–Crippen MR) is 99.4 cm³/mol. The number of ether oxygens (including phenoxy) is 1. The van der Waals surface area contributed by atoms with Gasteiger partial charge < -0.3 is 15.2 Å². The smallest absolute Gasteiger partial charge is 0.405 e. The molecule has 0 spiro atoms. The molecule has 4 nitrogen and oxygen atoms in total. The first-order valence-corrected chi connectivity index (χ1v) is 8.85. The average Bonchev–Trinajstić information content (AvgIpc) is 2.77. The van der Waals surface area contributed by atoms with Gasteiger partial charge in [0.2, 0.25) is 0 Å². The van der Waals surface area contributed by atoms with Gasteiger partial charge in [-0.15, -0.1) is 0 Å². The second-order valence-electron chi connectivity index (χ2n) is 7.15. The van der Waals surface area contributed by atoms with Crippen LogP contribution in [0.15, 0.2) is 30.3 Å². The summed E-state index contributed by atoms with van der Waals surface area (Å²) < 4.78 is 20.3. The lowest BCUT2D eigenvalue weighted by Crippen LogP contribution is -2.34. The molecule has 0 fully saturated rings. The molecule has 0 saturated heterocycles. The van der Waals surface area contributed by atoms with Gasteiger partial charge in [0.25, 0.3) is 0 Å². The van der Waals surface area contributed by atoms with Gasteiger partial charge in [0, 0.05) is 11.1 Å². The van der Waals surface area contributed by atoms with Gasteiger partial charge in [-0.25, -0.2) is 9.18 Å². The number of hydrogen-bond donors (Lipinski definition) is 2. The monoisotopic (exact) mass is 377 g/mol. The van der Waals surface area contributed by atoms with Crippen LogP contribution >= 0.6 is 11.6 Å². The normalized spacial score (nSPS) is 17.7. The highest BCUT2D eigenvalue weighted by Gasteiger charge is 2.40. The lowest BCUT2D eigenvalue weighted by atomic mass is 9.85. The van der Waals surface area contributed by atoms with Gasteiger partial charge in [0.15, 0.2) is 0 Å². The van der Waals surface area contributed by atoms with Crippen molar-refractivity contribution >= 4 is 17.7 Å². The summed E-state index contributed by atoms with van der Waals surface area (Å²) in [6.45, 7) is 6.34. The third-order valence-corrected chi connectivity index (χ3v) is 5.09. The first-order valence-electron chi connectivity index (χ1n) is 8.47. The van der Waals surface area contributed by atoms with Crippen LogP contribution in [-0.2, 0) is 6.42 Å². The van der Waals surface area contributed by atoms with E-state index in [0.717, 1.165) is 5.56 Å². The first-order chi connectivity index (χ1) is 12.2. The van der Waals surface area contributed by atoms with Crippen molar-refractivity contribution in [2.75, 3.05) is 6.61 Å². The Morgan fingerprint density at radius 1 is 1.35 bits per heavy atom. The van der Waals surface area contributed by atoms with Crippen molar-refractivity contribution in [1.29, 1.82) is 0 Å². The van der Waals surface area contributed by atoms with Crippen LogP contribution < -0.4 is 10.1 Å². The second kappa shape index (κ2) is 6.80. The molecule has 0 aromatic heterocycles. The third kappa shape index (κ3) is 3.36. The molecular weight excluding hydrogens is 357 g/mol. The van der Waals surface area contributed by atoms with Crippen molar-refractivity contribution in [3.8, 4) is 16.9 Å². The fraction of sp³-hybridized carbons (Fsp3) is 0.350. The van der Waals surface area contributed by atoms with E-state index in [4.69, 9.17) is 21.4 Å². The summed E-state index contributed by atoms with van der Waals surface area (Å²) in [5.74, 6) is 0.208. The number of benzene rings is 2. The zero-order valence-corrected chi connectivity index (χ0v) is 15.7. The van der Waals surface area contributed by atoms with E-state index in [1.807, 2.05) is 20.8 Å². The van der Waals surface area contributed by atoms with E-state index in [1.165, 1.54) is 6.07 Å². The minimum atomic E-state index is -1.12. The molecule has 0 heterocycles. The number of fused-ring (bicyclic) bond motifs is 1. The molecule has 138 valence electrons. The summed E-state index contributed by atoms with van der Waals surface area (Å²) in [5.41, 5.74) is 2.26. The lowest BCUT2D eigenvalue weighted by molar-refractivity contribution is 0.175. The van der Waals surface area contributed by atoms with Crippen molar-refractivity contribution in [1.82, 2.24) is 5.32 Å². The summed E-state index contributed by atoms with van der Waals surface area (Å²) in [6.07, 6.45) is -0.468. The predicted octanol–water partition coefficient (Wildman–Crippen LogP) is 5.44. The van der Waals surface area contributed by atoms with Gasteiger partial charge in [-0.1, -0.05) is 25.4 Å². The van der Waals surface area contributed by atoms with Gasteiger partial charge in [-0.05, 0) is 60.2 Å². The molecule has 2 N–H and O–H groups in total. The van der Waals surface area contributed by atoms with E-state index < -0.39 is 18.0 Å². The van der Waals surface area contributed by atoms with Crippen molar-refractivity contribution in [3.63, 3.8) is 0 Å². The van der Waals surface area contributed by atoms with Crippen molar-refractivity contribution < 1.29 is 19.0 Å². The Kier molecular flexibility index (Phi) is 4.84. The van der Waals surface area contributed by atoms with E-state index in [2.05, 4.69) is 5.32 Å². The number of amides is 1. The number of nitrogens with one attached hydrogen (secondary N) is 1. The van der Waals surface area contributed by atoms with Crippen LogP contribution in [0.25, 0.3) is 11.1 Å². The topological polar surface area (TPSA) is 58.6 Å². The van der Waals surface area contributed by atoms with E-state index in [0.29, 0.717) is 40.5 Å². The molecule has 0 bridgehead atoms. The van der Waals surface area contributed by atoms with Crippen LogP contribution in [0.2, 0.25) is 5.02 Å². The van der Waals surface area contributed by atoms with Crippen molar-refractivity contribution in [2.45, 2.75) is 33.2 Å².